The maximum atomic E-state index is 13.5. The molecule has 0 aliphatic carbocycles. The van der Waals surface area contributed by atoms with Crippen molar-refractivity contribution in [3.05, 3.63) is 63.9 Å². The lowest BCUT2D eigenvalue weighted by Crippen LogP contribution is -2.18. The SMILES string of the molecule is C#[N+]S(=O)(=O)c1cn(C)c(C(=O)Nc2ccc(F)c(C#N)c2)c1CCC[C@@H](O)C=C. The Labute approximate surface area is 173 Å². The molecule has 1 aromatic carbocycles. The summed E-state index contributed by atoms with van der Waals surface area (Å²) in [5.41, 5.74) is 0.139. The summed E-state index contributed by atoms with van der Waals surface area (Å²) in [6.07, 6.45) is 2.62. The molecule has 2 aromatic rings. The molecule has 1 amide bonds. The second-order valence-electron chi connectivity index (χ2n) is 6.47. The first-order valence-electron chi connectivity index (χ1n) is 8.81. The number of amides is 1. The fourth-order valence-electron chi connectivity index (χ4n) is 2.95. The third-order valence-electron chi connectivity index (χ3n) is 4.42. The van der Waals surface area contributed by atoms with E-state index in [-0.39, 0.29) is 33.8 Å². The van der Waals surface area contributed by atoms with Crippen molar-refractivity contribution in [1.29, 1.82) is 5.26 Å². The number of sulfonamides is 1. The van der Waals surface area contributed by atoms with Crippen LogP contribution < -0.4 is 5.32 Å². The third-order valence-corrected chi connectivity index (χ3v) is 5.61. The molecule has 0 radical (unpaired) electrons. The van der Waals surface area contributed by atoms with Crippen LogP contribution in [-0.4, -0.2) is 30.1 Å². The van der Waals surface area contributed by atoms with Crippen LogP contribution in [0.25, 0.3) is 4.25 Å². The highest BCUT2D eigenvalue weighted by Gasteiger charge is 2.33. The number of carbonyl (C=O) groups is 1. The minimum absolute atomic E-state index is 0.0353. The number of benzene rings is 1. The fourth-order valence-corrected chi connectivity index (χ4v) is 3.87. The molecule has 2 rings (SSSR count). The van der Waals surface area contributed by atoms with E-state index < -0.39 is 27.9 Å². The first-order chi connectivity index (χ1) is 14.1. The van der Waals surface area contributed by atoms with Gasteiger partial charge in [0.2, 0.25) is 0 Å². The van der Waals surface area contributed by atoms with Gasteiger partial charge in [-0.2, -0.15) is 5.26 Å². The minimum Gasteiger partial charge on any atom is -0.389 e. The molecule has 1 aromatic heterocycles. The van der Waals surface area contributed by atoms with Crippen molar-refractivity contribution in [3.63, 3.8) is 0 Å². The maximum Gasteiger partial charge on any atom is 0.511 e. The van der Waals surface area contributed by atoms with Gasteiger partial charge in [0, 0.05) is 24.5 Å². The van der Waals surface area contributed by atoms with Gasteiger partial charge in [-0.05, 0) is 37.5 Å². The zero-order valence-corrected chi connectivity index (χ0v) is 17.0. The molecule has 1 heterocycles. The second-order valence-corrected chi connectivity index (χ2v) is 8.07. The van der Waals surface area contributed by atoms with Crippen LogP contribution >= 0.6 is 0 Å². The number of rotatable bonds is 8. The van der Waals surface area contributed by atoms with Crippen molar-refractivity contribution in [2.45, 2.75) is 30.3 Å². The summed E-state index contributed by atoms with van der Waals surface area (Å²) in [7, 11) is -2.70. The Kier molecular flexibility index (Phi) is 7.11. The van der Waals surface area contributed by atoms with Crippen LogP contribution in [0.5, 0.6) is 0 Å². The lowest BCUT2D eigenvalue weighted by Gasteiger charge is -2.10. The number of aliphatic hydroxyl groups excluding tert-OH is 1. The van der Waals surface area contributed by atoms with E-state index in [1.807, 2.05) is 0 Å². The van der Waals surface area contributed by atoms with Gasteiger partial charge in [0.05, 0.1) is 15.9 Å². The van der Waals surface area contributed by atoms with Gasteiger partial charge < -0.3 is 15.0 Å². The number of nitriles is 1. The van der Waals surface area contributed by atoms with Crippen LogP contribution in [0, 0.1) is 23.7 Å². The summed E-state index contributed by atoms with van der Waals surface area (Å²) < 4.78 is 42.3. The van der Waals surface area contributed by atoms with Crippen molar-refractivity contribution >= 4 is 21.6 Å². The van der Waals surface area contributed by atoms with Crippen LogP contribution in [0.4, 0.5) is 10.1 Å². The molecular formula is C20H20FN4O4S+. The smallest absolute Gasteiger partial charge is 0.389 e. The van der Waals surface area contributed by atoms with Gasteiger partial charge in [0.25, 0.3) is 12.5 Å². The molecule has 0 unspecified atom stereocenters. The number of aliphatic hydroxyl groups is 1. The van der Waals surface area contributed by atoms with Gasteiger partial charge in [0.1, 0.15) is 17.6 Å². The number of carbonyl (C=O) groups excluding carboxylic acids is 1. The molecule has 0 bridgehead atoms. The third kappa shape index (κ3) is 4.92. The van der Waals surface area contributed by atoms with Gasteiger partial charge in [-0.3, -0.25) is 4.79 Å². The zero-order valence-electron chi connectivity index (χ0n) is 16.2. The van der Waals surface area contributed by atoms with E-state index in [0.29, 0.717) is 12.8 Å². The first kappa shape index (κ1) is 22.8. The Hall–Kier alpha value is -3.47. The Morgan fingerprint density at radius 1 is 1.53 bits per heavy atom. The number of aromatic nitrogens is 1. The van der Waals surface area contributed by atoms with E-state index in [0.717, 1.165) is 6.07 Å². The normalized spacial score (nSPS) is 11.9. The summed E-state index contributed by atoms with van der Waals surface area (Å²) in [6, 6.07) is 5.17. The molecular weight excluding hydrogens is 411 g/mol. The quantitative estimate of drug-likeness (QED) is 0.624. The summed E-state index contributed by atoms with van der Waals surface area (Å²) in [5.74, 6) is -1.39. The number of hydrogen-bond acceptors (Lipinski definition) is 5. The van der Waals surface area contributed by atoms with Gasteiger partial charge in [-0.1, -0.05) is 6.08 Å². The lowest BCUT2D eigenvalue weighted by atomic mass is 10.1. The molecule has 0 aliphatic heterocycles. The Balaban J connectivity index is 2.45. The standard InChI is InChI=1S/C20H19FN4O4S/c1-4-15(26)6-5-7-16-18(30(28,29)23-2)12-25(3)19(16)20(27)24-14-8-9-17(21)13(10-14)11-22/h2,4,8-10,12,15,26H,1,5-7H2,3H3/p+1/t15-/m0/s1. The number of anilines is 1. The molecule has 156 valence electrons. The monoisotopic (exact) mass is 431 g/mol. The van der Waals surface area contributed by atoms with Gasteiger partial charge in [-0.25, -0.2) is 4.39 Å². The van der Waals surface area contributed by atoms with Crippen molar-refractivity contribution in [2.24, 2.45) is 7.05 Å². The molecule has 0 fully saturated rings. The number of aryl methyl sites for hydroxylation is 1. The summed E-state index contributed by atoms with van der Waals surface area (Å²) in [6.45, 7) is 8.50. The summed E-state index contributed by atoms with van der Waals surface area (Å²) in [4.78, 5) is 12.7. The Morgan fingerprint density at radius 3 is 2.83 bits per heavy atom. The predicted octanol–water partition coefficient (Wildman–Crippen LogP) is 2.81. The van der Waals surface area contributed by atoms with Crippen molar-refractivity contribution in [1.82, 2.24) is 4.57 Å². The topological polar surface area (TPSA) is 117 Å². The van der Waals surface area contributed by atoms with Crippen molar-refractivity contribution < 1.29 is 22.7 Å². The molecule has 0 aliphatic rings. The number of hydrogen-bond donors (Lipinski definition) is 2. The average molecular weight is 431 g/mol. The molecule has 0 saturated heterocycles. The lowest BCUT2D eigenvalue weighted by molar-refractivity contribution is 0.101. The van der Waals surface area contributed by atoms with Gasteiger partial charge >= 0.3 is 10.0 Å². The van der Waals surface area contributed by atoms with E-state index in [1.165, 1.54) is 36.0 Å². The highest BCUT2D eigenvalue weighted by molar-refractivity contribution is 7.93. The second kappa shape index (κ2) is 9.35. The maximum absolute atomic E-state index is 13.5. The summed E-state index contributed by atoms with van der Waals surface area (Å²) in [5, 5.41) is 21.1. The molecule has 8 nitrogen and oxygen atoms in total. The predicted molar refractivity (Wildman–Crippen MR) is 109 cm³/mol. The first-order valence-corrected chi connectivity index (χ1v) is 10.3. The molecule has 1 atom stereocenters. The van der Waals surface area contributed by atoms with E-state index >= 15 is 0 Å². The van der Waals surface area contributed by atoms with E-state index in [2.05, 4.69) is 16.1 Å². The molecule has 0 saturated carbocycles. The van der Waals surface area contributed by atoms with E-state index in [4.69, 9.17) is 11.8 Å². The molecule has 10 heteroatoms. The van der Waals surface area contributed by atoms with Crippen molar-refractivity contribution in [2.75, 3.05) is 5.32 Å². The van der Waals surface area contributed by atoms with Gasteiger partial charge in [-0.15, -0.1) is 15.0 Å². The minimum atomic E-state index is -4.18. The van der Waals surface area contributed by atoms with Gasteiger partial charge in [0.15, 0.2) is 4.90 Å². The molecule has 30 heavy (non-hydrogen) atoms. The van der Waals surface area contributed by atoms with Crippen LogP contribution in [0.1, 0.15) is 34.5 Å². The average Bonchev–Trinajstić information content (AvgIpc) is 3.06. The van der Waals surface area contributed by atoms with Crippen LogP contribution in [0.15, 0.2) is 41.9 Å². The van der Waals surface area contributed by atoms with E-state index in [1.54, 1.807) is 6.07 Å². The van der Waals surface area contributed by atoms with E-state index in [9.17, 15) is 22.7 Å². The summed E-state index contributed by atoms with van der Waals surface area (Å²) >= 11 is 0. The highest BCUT2D eigenvalue weighted by atomic mass is 32.2. The zero-order chi connectivity index (χ0) is 22.5. The number of nitrogens with zero attached hydrogens (tertiary/aromatic N) is 3. The van der Waals surface area contributed by atoms with Crippen molar-refractivity contribution in [3.8, 4) is 12.6 Å². The number of nitrogens with one attached hydrogen (secondary N) is 1. The highest BCUT2D eigenvalue weighted by Crippen LogP contribution is 2.27. The van der Waals surface area contributed by atoms with Crippen LogP contribution in [0.3, 0.4) is 0 Å². The Bertz CT molecular complexity index is 1170. The fraction of sp³-hybridized carbons (Fsp3) is 0.250. The van der Waals surface area contributed by atoms with Crippen LogP contribution in [-0.2, 0) is 23.5 Å². The number of halogens is 1. The Morgan fingerprint density at radius 2 is 2.23 bits per heavy atom. The van der Waals surface area contributed by atoms with Crippen LogP contribution in [0.2, 0.25) is 0 Å². The largest absolute Gasteiger partial charge is 0.511 e. The molecule has 2 N–H and O–H groups in total. The molecule has 0 spiro atoms.